The van der Waals surface area contributed by atoms with E-state index in [0.717, 1.165) is 0 Å². The average molecular weight is 215 g/mol. The van der Waals surface area contributed by atoms with Crippen LogP contribution in [0.3, 0.4) is 0 Å². The van der Waals surface area contributed by atoms with Crippen LogP contribution in [0.15, 0.2) is 18.7 Å². The Hall–Kier alpha value is -0.360. The maximum absolute atomic E-state index is 3.67. The highest BCUT2D eigenvalue weighted by molar-refractivity contribution is 7.75. The van der Waals surface area contributed by atoms with Gasteiger partial charge in [0, 0.05) is 19.7 Å². The molecule has 1 heterocycles. The first-order chi connectivity index (χ1) is 6.74. The normalized spacial score (nSPS) is 10.6. The Morgan fingerprint density at radius 2 is 1.50 bits per heavy atom. The molecule has 0 atom stereocenters. The van der Waals surface area contributed by atoms with Gasteiger partial charge in [-0.05, 0) is 27.7 Å². The lowest BCUT2D eigenvalue weighted by atomic mass is 10.9. The highest BCUT2D eigenvalue weighted by Crippen LogP contribution is 2.57. The number of nitrogens with one attached hydrogen (secondary N) is 1. The van der Waals surface area contributed by atoms with Crippen LogP contribution in [-0.2, 0) is 0 Å². The van der Waals surface area contributed by atoms with Crippen LogP contribution in [0.1, 0.15) is 27.7 Å². The van der Waals surface area contributed by atoms with Crippen LogP contribution in [0.5, 0.6) is 0 Å². The van der Waals surface area contributed by atoms with Crippen LogP contribution < -0.4 is 0 Å². The second kappa shape index (κ2) is 7.99. The zero-order valence-corrected chi connectivity index (χ0v) is 10.8. The first-order valence-corrected chi connectivity index (χ1v) is 8.05. The van der Waals surface area contributed by atoms with E-state index in [1.54, 1.807) is 18.7 Å². The molecule has 1 aromatic rings. The highest BCUT2D eigenvalue weighted by Gasteiger charge is 2.27. The lowest BCUT2D eigenvalue weighted by Gasteiger charge is -2.20. The molecule has 0 spiro atoms. The molecular formula is C11H24N2P+. The molecule has 0 aromatic carbocycles. The molecule has 14 heavy (non-hydrogen) atoms. The molecule has 0 saturated heterocycles. The zero-order chi connectivity index (χ0) is 10.9. The van der Waals surface area contributed by atoms with Crippen molar-refractivity contribution < 1.29 is 0 Å². The number of aromatic nitrogens is 2. The standard InChI is InChI=1S/C8H20P.C3H4N2/c1-5-9(6-2,7-3)8-4;1-2-5-3-4-1/h5-8H2,1-4H3;1-3H,(H,4,5)/q+1;. The molecule has 1 N–H and O–H groups in total. The number of H-pyrrole nitrogens is 1. The predicted octanol–water partition coefficient (Wildman–Crippen LogP) is 3.49. The summed E-state index contributed by atoms with van der Waals surface area (Å²) >= 11 is 0. The number of rotatable bonds is 4. The number of nitrogens with zero attached hydrogens (tertiary/aromatic N) is 1. The molecule has 0 unspecified atom stereocenters. The quantitative estimate of drug-likeness (QED) is 0.765. The van der Waals surface area contributed by atoms with Crippen molar-refractivity contribution in [2.75, 3.05) is 24.6 Å². The molecular weight excluding hydrogens is 191 g/mol. The van der Waals surface area contributed by atoms with Crippen molar-refractivity contribution in [3.05, 3.63) is 18.7 Å². The Kier molecular flexibility index (Phi) is 7.78. The summed E-state index contributed by atoms with van der Waals surface area (Å²) in [4.78, 5) is 6.42. The van der Waals surface area contributed by atoms with Crippen molar-refractivity contribution in [2.24, 2.45) is 0 Å². The first-order valence-electron chi connectivity index (χ1n) is 5.52. The van der Waals surface area contributed by atoms with Gasteiger partial charge in [-0.3, -0.25) is 0 Å². The molecule has 0 amide bonds. The number of imidazole rings is 1. The van der Waals surface area contributed by atoms with E-state index >= 15 is 0 Å². The third-order valence-electron chi connectivity index (χ3n) is 3.09. The molecule has 0 aliphatic heterocycles. The van der Waals surface area contributed by atoms with Gasteiger partial charge in [0.05, 0.1) is 31.0 Å². The van der Waals surface area contributed by atoms with E-state index in [0.29, 0.717) is 0 Å². The largest absolute Gasteiger partial charge is 0.351 e. The molecule has 3 heteroatoms. The predicted molar refractivity (Wildman–Crippen MR) is 67.7 cm³/mol. The fourth-order valence-corrected chi connectivity index (χ4v) is 4.24. The van der Waals surface area contributed by atoms with Crippen LogP contribution in [0.4, 0.5) is 0 Å². The summed E-state index contributed by atoms with van der Waals surface area (Å²) in [7, 11) is -0.420. The zero-order valence-electron chi connectivity index (χ0n) is 9.95. The minimum absolute atomic E-state index is 0.420. The maximum atomic E-state index is 3.67. The molecule has 0 aliphatic rings. The van der Waals surface area contributed by atoms with Gasteiger partial charge in [-0.2, -0.15) is 0 Å². The summed E-state index contributed by atoms with van der Waals surface area (Å²) in [6, 6.07) is 0. The van der Waals surface area contributed by atoms with Crippen molar-refractivity contribution >= 4 is 7.26 Å². The Morgan fingerprint density at radius 1 is 1.00 bits per heavy atom. The van der Waals surface area contributed by atoms with Crippen molar-refractivity contribution in [1.29, 1.82) is 0 Å². The van der Waals surface area contributed by atoms with E-state index < -0.39 is 7.26 Å². The van der Waals surface area contributed by atoms with Crippen molar-refractivity contribution in [3.8, 4) is 0 Å². The van der Waals surface area contributed by atoms with Gasteiger partial charge in [0.15, 0.2) is 0 Å². The number of aromatic amines is 1. The van der Waals surface area contributed by atoms with Crippen molar-refractivity contribution in [3.63, 3.8) is 0 Å². The fourth-order valence-electron chi connectivity index (χ4n) is 1.56. The third-order valence-corrected chi connectivity index (χ3v) is 8.46. The SMILES string of the molecule is CC[P+](CC)(CC)CC.c1c[nH]cn1. The van der Waals surface area contributed by atoms with Gasteiger partial charge < -0.3 is 4.98 Å². The Labute approximate surface area is 88.9 Å². The average Bonchev–Trinajstić information content (AvgIpc) is 2.80. The van der Waals surface area contributed by atoms with E-state index in [9.17, 15) is 0 Å². The van der Waals surface area contributed by atoms with E-state index in [4.69, 9.17) is 0 Å². The molecule has 2 nitrogen and oxygen atoms in total. The van der Waals surface area contributed by atoms with Crippen LogP contribution in [0, 0.1) is 0 Å². The van der Waals surface area contributed by atoms with E-state index in [-0.39, 0.29) is 0 Å². The van der Waals surface area contributed by atoms with E-state index in [1.807, 2.05) is 0 Å². The van der Waals surface area contributed by atoms with Gasteiger partial charge in [-0.15, -0.1) is 0 Å². The molecule has 0 radical (unpaired) electrons. The molecule has 0 saturated carbocycles. The Balaban J connectivity index is 0.000000280. The van der Waals surface area contributed by atoms with Gasteiger partial charge >= 0.3 is 0 Å². The van der Waals surface area contributed by atoms with Gasteiger partial charge in [0.2, 0.25) is 0 Å². The van der Waals surface area contributed by atoms with Crippen LogP contribution in [0.2, 0.25) is 0 Å². The molecule has 82 valence electrons. The molecule has 1 aromatic heterocycles. The fraction of sp³-hybridized carbons (Fsp3) is 0.727. The van der Waals surface area contributed by atoms with Crippen molar-refractivity contribution in [1.82, 2.24) is 9.97 Å². The molecule has 1 rings (SSSR count). The van der Waals surface area contributed by atoms with Gasteiger partial charge in [-0.1, -0.05) is 0 Å². The molecule has 0 fully saturated rings. The molecule has 0 aliphatic carbocycles. The minimum Gasteiger partial charge on any atom is -0.351 e. The highest BCUT2D eigenvalue weighted by atomic mass is 31.2. The second-order valence-corrected chi connectivity index (χ2v) is 8.58. The Bertz CT molecular complexity index is 158. The van der Waals surface area contributed by atoms with Crippen LogP contribution in [-0.4, -0.2) is 34.6 Å². The summed E-state index contributed by atoms with van der Waals surface area (Å²) in [5, 5.41) is 0. The summed E-state index contributed by atoms with van der Waals surface area (Å²) in [5.74, 6) is 0. The Morgan fingerprint density at radius 3 is 1.57 bits per heavy atom. The van der Waals surface area contributed by atoms with Crippen molar-refractivity contribution in [2.45, 2.75) is 27.7 Å². The lowest BCUT2D eigenvalue weighted by molar-refractivity contribution is 1.25. The second-order valence-electron chi connectivity index (χ2n) is 3.37. The maximum Gasteiger partial charge on any atom is 0.0919 e. The number of hydrogen-bond donors (Lipinski definition) is 1. The summed E-state index contributed by atoms with van der Waals surface area (Å²) in [6.07, 6.45) is 10.9. The first kappa shape index (κ1) is 13.6. The minimum atomic E-state index is -0.420. The van der Waals surface area contributed by atoms with E-state index in [1.165, 1.54) is 24.6 Å². The third kappa shape index (κ3) is 4.76. The van der Waals surface area contributed by atoms with Gasteiger partial charge in [-0.25, -0.2) is 4.98 Å². The molecule has 0 bridgehead atoms. The summed E-state index contributed by atoms with van der Waals surface area (Å²) in [5.41, 5.74) is 0. The van der Waals surface area contributed by atoms with Crippen LogP contribution >= 0.6 is 7.26 Å². The van der Waals surface area contributed by atoms with Crippen LogP contribution in [0.25, 0.3) is 0 Å². The summed E-state index contributed by atoms with van der Waals surface area (Å²) < 4.78 is 0. The monoisotopic (exact) mass is 215 g/mol. The van der Waals surface area contributed by atoms with Gasteiger partial charge in [0.1, 0.15) is 0 Å². The smallest absolute Gasteiger partial charge is 0.0919 e. The lowest BCUT2D eigenvalue weighted by Crippen LogP contribution is -2.04. The number of hydrogen-bond acceptors (Lipinski definition) is 1. The van der Waals surface area contributed by atoms with Gasteiger partial charge in [0.25, 0.3) is 0 Å². The topological polar surface area (TPSA) is 28.7 Å². The summed E-state index contributed by atoms with van der Waals surface area (Å²) in [6.45, 7) is 9.41. The van der Waals surface area contributed by atoms with E-state index in [2.05, 4.69) is 37.7 Å².